The van der Waals surface area contributed by atoms with Crippen molar-refractivity contribution in [3.8, 4) is 0 Å². The lowest BCUT2D eigenvalue weighted by Crippen LogP contribution is -2.34. The highest BCUT2D eigenvalue weighted by Crippen LogP contribution is 2.36. The van der Waals surface area contributed by atoms with E-state index in [1.807, 2.05) is 11.1 Å². The maximum absolute atomic E-state index is 13.4. The van der Waals surface area contributed by atoms with Crippen molar-refractivity contribution in [2.45, 2.75) is 18.8 Å². The number of hydrogen-bond donors (Lipinski definition) is 1. The molecule has 0 radical (unpaired) electrons. The molecule has 1 aromatic carbocycles. The molecule has 3 aromatic rings. The van der Waals surface area contributed by atoms with E-state index in [9.17, 15) is 19.3 Å². The zero-order chi connectivity index (χ0) is 20.5. The van der Waals surface area contributed by atoms with Crippen molar-refractivity contribution < 1.29 is 18.8 Å². The highest BCUT2D eigenvalue weighted by Gasteiger charge is 2.29. The molecule has 1 saturated heterocycles. The van der Waals surface area contributed by atoms with E-state index in [0.717, 1.165) is 29.3 Å². The van der Waals surface area contributed by atoms with Crippen molar-refractivity contribution in [1.29, 1.82) is 0 Å². The monoisotopic (exact) mass is 398 g/mol. The van der Waals surface area contributed by atoms with Gasteiger partial charge in [0.05, 0.1) is 17.6 Å². The number of aromatic amines is 1. The van der Waals surface area contributed by atoms with Crippen LogP contribution in [0.5, 0.6) is 0 Å². The molecule has 8 nitrogen and oxygen atoms in total. The first-order chi connectivity index (χ1) is 14.0. The van der Waals surface area contributed by atoms with Crippen LogP contribution in [0.25, 0.3) is 10.9 Å². The number of aromatic nitrogens is 2. The number of fused-ring (bicyclic) bond motifs is 1. The molecule has 1 aliphatic heterocycles. The van der Waals surface area contributed by atoms with Crippen LogP contribution >= 0.6 is 0 Å². The number of halogens is 1. The van der Waals surface area contributed by atoms with E-state index in [-0.39, 0.29) is 28.8 Å². The van der Waals surface area contributed by atoms with E-state index in [4.69, 9.17) is 0 Å². The van der Waals surface area contributed by atoms with Gasteiger partial charge in [0, 0.05) is 42.5 Å². The van der Waals surface area contributed by atoms with E-state index in [2.05, 4.69) is 14.7 Å². The fourth-order valence-corrected chi connectivity index (χ4v) is 3.91. The van der Waals surface area contributed by atoms with Gasteiger partial charge in [0.1, 0.15) is 5.82 Å². The minimum absolute atomic E-state index is 0.0452. The second-order valence-corrected chi connectivity index (χ2v) is 7.01. The molecule has 0 bridgehead atoms. The molecule has 0 aliphatic carbocycles. The Morgan fingerprint density at radius 3 is 2.79 bits per heavy atom. The Labute approximate surface area is 165 Å². The second kappa shape index (κ2) is 7.50. The Morgan fingerprint density at radius 2 is 2.10 bits per heavy atom. The van der Waals surface area contributed by atoms with Crippen LogP contribution in [0, 0.1) is 15.9 Å². The van der Waals surface area contributed by atoms with Crippen molar-refractivity contribution >= 4 is 28.4 Å². The third kappa shape index (κ3) is 3.51. The van der Waals surface area contributed by atoms with Gasteiger partial charge in [-0.25, -0.2) is 14.2 Å². The van der Waals surface area contributed by atoms with Gasteiger partial charge in [-0.15, -0.1) is 0 Å². The molecule has 29 heavy (non-hydrogen) atoms. The van der Waals surface area contributed by atoms with Crippen LogP contribution in [0.4, 0.5) is 15.9 Å². The number of anilines is 1. The van der Waals surface area contributed by atoms with Crippen LogP contribution in [0.3, 0.4) is 0 Å². The van der Waals surface area contributed by atoms with Crippen LogP contribution in [0.1, 0.15) is 34.7 Å². The number of rotatable bonds is 4. The Morgan fingerprint density at radius 1 is 1.34 bits per heavy atom. The maximum Gasteiger partial charge on any atom is 0.339 e. The van der Waals surface area contributed by atoms with Crippen molar-refractivity contribution in [3.05, 3.63) is 63.7 Å². The van der Waals surface area contributed by atoms with Crippen LogP contribution in [-0.2, 0) is 4.74 Å². The largest absolute Gasteiger partial charge is 0.465 e. The van der Waals surface area contributed by atoms with E-state index in [1.54, 1.807) is 6.07 Å². The van der Waals surface area contributed by atoms with Gasteiger partial charge in [-0.2, -0.15) is 0 Å². The summed E-state index contributed by atoms with van der Waals surface area (Å²) in [4.78, 5) is 31.8. The third-order valence-electron chi connectivity index (χ3n) is 5.38. The van der Waals surface area contributed by atoms with Crippen molar-refractivity contribution in [3.63, 3.8) is 0 Å². The standard InChI is InChI=1S/C20H19FN4O4/c1-29-20(26)13-8-18(25(27)28)19(23-10-13)24-6-4-12(5-7-24)16-11-22-17-9-14(21)2-3-15(16)17/h2-3,8-12,22H,4-7H2,1H3. The summed E-state index contributed by atoms with van der Waals surface area (Å²) in [5.41, 5.74) is 1.72. The molecule has 0 atom stereocenters. The fraction of sp³-hybridized carbons (Fsp3) is 0.300. The average molecular weight is 398 g/mol. The number of methoxy groups -OCH3 is 1. The molecular formula is C20H19FN4O4. The molecule has 1 fully saturated rings. The lowest BCUT2D eigenvalue weighted by atomic mass is 9.89. The zero-order valence-electron chi connectivity index (χ0n) is 15.7. The highest BCUT2D eigenvalue weighted by atomic mass is 19.1. The first-order valence-electron chi connectivity index (χ1n) is 9.22. The number of carbonyl (C=O) groups is 1. The number of piperidine rings is 1. The van der Waals surface area contributed by atoms with Crippen molar-refractivity contribution in [2.75, 3.05) is 25.1 Å². The van der Waals surface area contributed by atoms with Gasteiger partial charge < -0.3 is 14.6 Å². The summed E-state index contributed by atoms with van der Waals surface area (Å²) < 4.78 is 18.0. The molecule has 1 N–H and O–H groups in total. The molecule has 0 amide bonds. The summed E-state index contributed by atoms with van der Waals surface area (Å²) >= 11 is 0. The van der Waals surface area contributed by atoms with Gasteiger partial charge in [0.25, 0.3) is 0 Å². The molecule has 0 spiro atoms. The van der Waals surface area contributed by atoms with Gasteiger partial charge in [0.2, 0.25) is 5.82 Å². The van der Waals surface area contributed by atoms with Gasteiger partial charge >= 0.3 is 11.7 Å². The normalized spacial score (nSPS) is 14.9. The minimum Gasteiger partial charge on any atom is -0.465 e. The van der Waals surface area contributed by atoms with E-state index < -0.39 is 10.9 Å². The number of hydrogen-bond acceptors (Lipinski definition) is 6. The summed E-state index contributed by atoms with van der Waals surface area (Å²) in [5, 5.41) is 12.5. The summed E-state index contributed by atoms with van der Waals surface area (Å²) in [6.45, 7) is 1.17. The molecule has 2 aromatic heterocycles. The number of ether oxygens (including phenoxy) is 1. The van der Waals surface area contributed by atoms with Crippen LogP contribution in [0.15, 0.2) is 36.7 Å². The molecule has 150 valence electrons. The van der Waals surface area contributed by atoms with Gasteiger partial charge in [-0.05, 0) is 42.5 Å². The SMILES string of the molecule is COC(=O)c1cnc(N2CCC(c3c[nH]c4cc(F)ccc34)CC2)c([N+](=O)[O-])c1. The van der Waals surface area contributed by atoms with E-state index >= 15 is 0 Å². The number of esters is 1. The Hall–Kier alpha value is -3.49. The van der Waals surface area contributed by atoms with Gasteiger partial charge in [-0.1, -0.05) is 0 Å². The Kier molecular flexibility index (Phi) is 4.87. The number of nitrogens with zero attached hydrogens (tertiary/aromatic N) is 3. The lowest BCUT2D eigenvalue weighted by molar-refractivity contribution is -0.384. The first kappa shape index (κ1) is 18.9. The number of carbonyl (C=O) groups excluding carboxylic acids is 1. The van der Waals surface area contributed by atoms with Gasteiger partial charge in [-0.3, -0.25) is 10.1 Å². The molecule has 4 rings (SSSR count). The molecule has 0 unspecified atom stereocenters. The summed E-state index contributed by atoms with van der Waals surface area (Å²) in [6.07, 6.45) is 4.77. The lowest BCUT2D eigenvalue weighted by Gasteiger charge is -2.32. The van der Waals surface area contributed by atoms with Crippen molar-refractivity contribution in [2.24, 2.45) is 0 Å². The Balaban J connectivity index is 1.55. The van der Waals surface area contributed by atoms with Crippen LogP contribution in [0.2, 0.25) is 0 Å². The molecule has 1 aliphatic rings. The number of H-pyrrole nitrogens is 1. The van der Waals surface area contributed by atoms with Crippen LogP contribution < -0.4 is 4.90 Å². The smallest absolute Gasteiger partial charge is 0.339 e. The number of nitro groups is 1. The van der Waals surface area contributed by atoms with Crippen LogP contribution in [-0.4, -0.2) is 41.1 Å². The number of pyridine rings is 1. The fourth-order valence-electron chi connectivity index (χ4n) is 3.91. The minimum atomic E-state index is -0.665. The predicted molar refractivity (Wildman–Crippen MR) is 105 cm³/mol. The highest BCUT2D eigenvalue weighted by molar-refractivity contribution is 5.90. The number of benzene rings is 1. The van der Waals surface area contributed by atoms with Gasteiger partial charge in [0.15, 0.2) is 0 Å². The molecular weight excluding hydrogens is 379 g/mol. The second-order valence-electron chi connectivity index (χ2n) is 7.01. The van der Waals surface area contributed by atoms with E-state index in [0.29, 0.717) is 13.1 Å². The summed E-state index contributed by atoms with van der Waals surface area (Å²) in [6, 6.07) is 5.91. The van der Waals surface area contributed by atoms with Crippen molar-refractivity contribution in [1.82, 2.24) is 9.97 Å². The molecule has 0 saturated carbocycles. The predicted octanol–water partition coefficient (Wildman–Crippen LogP) is 3.78. The zero-order valence-corrected chi connectivity index (χ0v) is 15.7. The molecule has 3 heterocycles. The Bertz CT molecular complexity index is 1090. The first-order valence-corrected chi connectivity index (χ1v) is 9.22. The number of nitrogens with one attached hydrogen (secondary N) is 1. The maximum atomic E-state index is 13.4. The third-order valence-corrected chi connectivity index (χ3v) is 5.38. The summed E-state index contributed by atoms with van der Waals surface area (Å²) in [7, 11) is 1.21. The molecule has 9 heteroatoms. The van der Waals surface area contributed by atoms with E-state index in [1.165, 1.54) is 31.5 Å². The quantitative estimate of drug-likeness (QED) is 0.408. The average Bonchev–Trinajstić information content (AvgIpc) is 3.15. The summed E-state index contributed by atoms with van der Waals surface area (Å²) in [5.74, 6) is -0.433. The topological polar surface area (TPSA) is 101 Å².